The highest BCUT2D eigenvalue weighted by Gasteiger charge is 2.17. The molecule has 0 amide bonds. The van der Waals surface area contributed by atoms with Crippen molar-refractivity contribution >= 4 is 17.4 Å². The Balaban J connectivity index is 1.93. The van der Waals surface area contributed by atoms with Crippen LogP contribution in [0.1, 0.15) is 18.9 Å². The first-order valence-electron chi connectivity index (χ1n) is 6.44. The van der Waals surface area contributed by atoms with E-state index in [9.17, 15) is 0 Å². The molecule has 0 spiro atoms. The van der Waals surface area contributed by atoms with Gasteiger partial charge < -0.3 is 5.32 Å². The highest BCUT2D eigenvalue weighted by atomic mass is 32.2. The third-order valence-corrected chi connectivity index (χ3v) is 4.39. The van der Waals surface area contributed by atoms with Crippen LogP contribution in [0.4, 0.5) is 5.69 Å². The Labute approximate surface area is 113 Å². The first-order chi connectivity index (χ1) is 8.83. The zero-order valence-corrected chi connectivity index (χ0v) is 11.3. The maximum atomic E-state index is 3.63. The largest absolute Gasteiger partial charge is 0.381 e. The van der Waals surface area contributed by atoms with Gasteiger partial charge in [0.25, 0.3) is 0 Å². The van der Waals surface area contributed by atoms with E-state index in [2.05, 4.69) is 60.8 Å². The summed E-state index contributed by atoms with van der Waals surface area (Å²) in [5.74, 6) is 0. The smallest absolute Gasteiger partial charge is 0.0516 e. The molecule has 1 aliphatic rings. The van der Waals surface area contributed by atoms with Crippen LogP contribution in [-0.2, 0) is 6.42 Å². The van der Waals surface area contributed by atoms with Crippen molar-refractivity contribution in [3.63, 3.8) is 0 Å². The molecule has 92 valence electrons. The second-order valence-corrected chi connectivity index (χ2v) is 5.90. The van der Waals surface area contributed by atoms with E-state index < -0.39 is 0 Å². The molecule has 1 unspecified atom stereocenters. The molecule has 0 radical (unpaired) electrons. The van der Waals surface area contributed by atoms with Crippen LogP contribution in [0.5, 0.6) is 0 Å². The number of anilines is 1. The van der Waals surface area contributed by atoms with E-state index in [0.29, 0.717) is 6.04 Å². The average Bonchev–Trinajstić information content (AvgIpc) is 2.41. The van der Waals surface area contributed by atoms with E-state index in [4.69, 9.17) is 0 Å². The summed E-state index contributed by atoms with van der Waals surface area (Å²) in [5, 5.41) is 3.63. The van der Waals surface area contributed by atoms with Crippen LogP contribution < -0.4 is 5.32 Å². The van der Waals surface area contributed by atoms with Crippen LogP contribution in [-0.4, -0.2) is 6.04 Å². The Hall–Kier alpha value is -1.41. The van der Waals surface area contributed by atoms with E-state index in [-0.39, 0.29) is 0 Å². The van der Waals surface area contributed by atoms with E-state index in [0.717, 1.165) is 0 Å². The molecule has 2 aromatic rings. The monoisotopic (exact) mass is 255 g/mol. The molecule has 2 heteroatoms. The lowest BCUT2D eigenvalue weighted by molar-refractivity contribution is 0.677. The fraction of sp³-hybridized carbons (Fsp3) is 0.250. The summed E-state index contributed by atoms with van der Waals surface area (Å²) in [6, 6.07) is 17.8. The van der Waals surface area contributed by atoms with Crippen molar-refractivity contribution < 1.29 is 0 Å². The van der Waals surface area contributed by atoms with Gasteiger partial charge in [-0.15, -0.1) is 0 Å². The Morgan fingerprint density at radius 1 is 1.06 bits per heavy atom. The third-order valence-electron chi connectivity index (χ3n) is 3.32. The van der Waals surface area contributed by atoms with E-state index in [1.807, 2.05) is 11.8 Å². The lowest BCUT2D eigenvalue weighted by atomic mass is 9.99. The van der Waals surface area contributed by atoms with Gasteiger partial charge in [-0.3, -0.25) is 0 Å². The number of aryl methyl sites for hydroxylation is 1. The van der Waals surface area contributed by atoms with Gasteiger partial charge in [0.15, 0.2) is 0 Å². The molecule has 1 heterocycles. The first-order valence-corrected chi connectivity index (χ1v) is 7.26. The van der Waals surface area contributed by atoms with Crippen LogP contribution in [0, 0.1) is 0 Å². The molecule has 0 saturated carbocycles. The van der Waals surface area contributed by atoms with Gasteiger partial charge in [-0.1, -0.05) is 42.1 Å². The van der Waals surface area contributed by atoms with Crippen molar-refractivity contribution in [3.05, 3.63) is 54.1 Å². The summed E-state index contributed by atoms with van der Waals surface area (Å²) < 4.78 is 0. The lowest BCUT2D eigenvalue weighted by Gasteiger charge is -2.26. The second kappa shape index (κ2) is 5.07. The molecule has 0 fully saturated rings. The van der Waals surface area contributed by atoms with Crippen LogP contribution >= 0.6 is 11.8 Å². The van der Waals surface area contributed by atoms with Gasteiger partial charge in [0.1, 0.15) is 0 Å². The summed E-state index contributed by atoms with van der Waals surface area (Å²) >= 11 is 1.84. The van der Waals surface area contributed by atoms with Crippen molar-refractivity contribution in [2.45, 2.75) is 35.6 Å². The minimum Gasteiger partial charge on any atom is -0.381 e. The molecule has 1 atom stereocenters. The summed E-state index contributed by atoms with van der Waals surface area (Å²) in [6.07, 6.45) is 2.42. The topological polar surface area (TPSA) is 12.0 Å². The molecule has 0 aliphatic carbocycles. The zero-order chi connectivity index (χ0) is 12.4. The van der Waals surface area contributed by atoms with Crippen LogP contribution in [0.15, 0.2) is 58.3 Å². The maximum absolute atomic E-state index is 3.63. The Morgan fingerprint density at radius 3 is 2.72 bits per heavy atom. The van der Waals surface area contributed by atoms with Crippen LogP contribution in [0.3, 0.4) is 0 Å². The summed E-state index contributed by atoms with van der Waals surface area (Å²) in [5.41, 5.74) is 2.79. The van der Waals surface area contributed by atoms with Gasteiger partial charge in [-0.25, -0.2) is 0 Å². The van der Waals surface area contributed by atoms with Gasteiger partial charge >= 0.3 is 0 Å². The van der Waals surface area contributed by atoms with Crippen molar-refractivity contribution in [1.29, 1.82) is 0 Å². The number of hydrogen-bond acceptors (Lipinski definition) is 2. The number of rotatable bonds is 2. The lowest BCUT2D eigenvalue weighted by Crippen LogP contribution is -2.22. The van der Waals surface area contributed by atoms with E-state index in [1.165, 1.54) is 33.9 Å². The molecular formula is C16H17NS. The zero-order valence-electron chi connectivity index (χ0n) is 10.5. The van der Waals surface area contributed by atoms with Gasteiger partial charge in [-0.2, -0.15) is 0 Å². The normalized spacial score (nSPS) is 17.9. The Bertz CT molecular complexity index is 536. The molecule has 18 heavy (non-hydrogen) atoms. The predicted molar refractivity (Wildman–Crippen MR) is 78.4 cm³/mol. The number of nitrogens with one attached hydrogen (secondary N) is 1. The van der Waals surface area contributed by atoms with Crippen molar-refractivity contribution in [2.75, 3.05) is 5.32 Å². The molecule has 2 aromatic carbocycles. The molecule has 0 aromatic heterocycles. The molecule has 0 bridgehead atoms. The molecule has 1 nitrogen and oxygen atoms in total. The third kappa shape index (κ3) is 2.39. The number of fused-ring (bicyclic) bond motifs is 1. The SMILES string of the molecule is CC1CCc2cccc(Sc3ccccc3)c2N1. The Kier molecular flexibility index (Phi) is 3.28. The highest BCUT2D eigenvalue weighted by molar-refractivity contribution is 7.99. The molecule has 1 N–H and O–H groups in total. The van der Waals surface area contributed by atoms with Crippen LogP contribution in [0.2, 0.25) is 0 Å². The van der Waals surface area contributed by atoms with Crippen LogP contribution in [0.25, 0.3) is 0 Å². The Morgan fingerprint density at radius 2 is 1.89 bits per heavy atom. The van der Waals surface area contributed by atoms with Gasteiger partial charge in [-0.05, 0) is 43.5 Å². The maximum Gasteiger partial charge on any atom is 0.0516 e. The van der Waals surface area contributed by atoms with Gasteiger partial charge in [0.2, 0.25) is 0 Å². The molecule has 0 saturated heterocycles. The summed E-state index contributed by atoms with van der Waals surface area (Å²) in [4.78, 5) is 2.64. The molecule has 1 aliphatic heterocycles. The fourth-order valence-electron chi connectivity index (χ4n) is 2.34. The summed E-state index contributed by atoms with van der Waals surface area (Å²) in [7, 11) is 0. The highest BCUT2D eigenvalue weighted by Crippen LogP contribution is 2.38. The molecular weight excluding hydrogens is 238 g/mol. The standard InChI is InChI=1S/C16H17NS/c1-12-10-11-13-6-5-9-15(16(13)17-12)18-14-7-3-2-4-8-14/h2-9,12,17H,10-11H2,1H3. The number of hydrogen-bond donors (Lipinski definition) is 1. The number of para-hydroxylation sites is 1. The minimum absolute atomic E-state index is 0.579. The fourth-order valence-corrected chi connectivity index (χ4v) is 3.33. The van der Waals surface area contributed by atoms with Gasteiger partial charge in [0, 0.05) is 15.8 Å². The van der Waals surface area contributed by atoms with Crippen molar-refractivity contribution in [3.8, 4) is 0 Å². The minimum atomic E-state index is 0.579. The average molecular weight is 255 g/mol. The first kappa shape index (κ1) is 11.7. The number of benzene rings is 2. The van der Waals surface area contributed by atoms with Crippen molar-refractivity contribution in [1.82, 2.24) is 0 Å². The molecule has 3 rings (SSSR count). The van der Waals surface area contributed by atoms with E-state index >= 15 is 0 Å². The van der Waals surface area contributed by atoms with Crippen molar-refractivity contribution in [2.24, 2.45) is 0 Å². The predicted octanol–water partition coefficient (Wildman–Crippen LogP) is 4.58. The summed E-state index contributed by atoms with van der Waals surface area (Å²) in [6.45, 7) is 2.26. The van der Waals surface area contributed by atoms with E-state index in [1.54, 1.807) is 0 Å². The quantitative estimate of drug-likeness (QED) is 0.842. The van der Waals surface area contributed by atoms with Gasteiger partial charge in [0.05, 0.1) is 5.69 Å². The second-order valence-electron chi connectivity index (χ2n) is 4.79.